The van der Waals surface area contributed by atoms with Crippen LogP contribution in [0, 0.1) is 0 Å². The lowest BCUT2D eigenvalue weighted by Crippen LogP contribution is -2.04. The van der Waals surface area contributed by atoms with Gasteiger partial charge in [0.1, 0.15) is 6.29 Å². The van der Waals surface area contributed by atoms with Gasteiger partial charge in [-0.1, -0.05) is 44.9 Å². The van der Waals surface area contributed by atoms with Crippen LogP contribution in [-0.2, 0) is 19.4 Å². The molecule has 4 nitrogen and oxygen atoms in total. The second kappa shape index (κ2) is 15.2. The monoisotopic (exact) mass is 272 g/mol. The van der Waals surface area contributed by atoms with Crippen LogP contribution in [0.25, 0.3) is 0 Å². The molecule has 0 N–H and O–H groups in total. The van der Waals surface area contributed by atoms with Crippen LogP contribution in [0.5, 0.6) is 0 Å². The van der Waals surface area contributed by atoms with Crippen LogP contribution in [0.3, 0.4) is 0 Å². The van der Waals surface area contributed by atoms with E-state index >= 15 is 0 Å². The van der Waals surface area contributed by atoms with Gasteiger partial charge in [0.25, 0.3) is 0 Å². The molecule has 112 valence electrons. The second-order valence-electron chi connectivity index (χ2n) is 4.75. The largest absolute Gasteiger partial charge is 0.342 e. The van der Waals surface area contributed by atoms with Crippen molar-refractivity contribution in [3.8, 4) is 0 Å². The fourth-order valence-corrected chi connectivity index (χ4v) is 1.90. The lowest BCUT2D eigenvalue weighted by molar-refractivity contribution is -0.269. The van der Waals surface area contributed by atoms with Crippen molar-refractivity contribution < 1.29 is 19.4 Å². The van der Waals surface area contributed by atoms with E-state index < -0.39 is 0 Å². The molecule has 0 aliphatic heterocycles. The Morgan fingerprint density at radius 2 is 1.42 bits per heavy atom. The fourth-order valence-electron chi connectivity index (χ4n) is 1.90. The van der Waals surface area contributed by atoms with E-state index in [4.69, 9.17) is 0 Å². The molecule has 0 radical (unpaired) electrons. The summed E-state index contributed by atoms with van der Waals surface area (Å²) in [6.45, 7) is 2.19. The molecule has 0 saturated heterocycles. The quantitative estimate of drug-likeness (QED) is 0.208. The van der Waals surface area contributed by atoms with Gasteiger partial charge in [-0.2, -0.15) is 4.89 Å². The predicted octanol–water partition coefficient (Wildman–Crippen LogP) is 3.97. The van der Waals surface area contributed by atoms with Gasteiger partial charge in [0.05, 0.1) is 6.61 Å². The van der Waals surface area contributed by atoms with Gasteiger partial charge in [0.15, 0.2) is 0 Å². The van der Waals surface area contributed by atoms with Crippen LogP contribution in [0.2, 0.25) is 0 Å². The van der Waals surface area contributed by atoms with Crippen molar-refractivity contribution in [3.63, 3.8) is 0 Å². The van der Waals surface area contributed by atoms with Gasteiger partial charge < -0.3 is 4.79 Å². The highest BCUT2D eigenvalue weighted by molar-refractivity contribution is 5.68. The molecular weight excluding hydrogens is 244 g/mol. The van der Waals surface area contributed by atoms with Crippen LogP contribution in [0.1, 0.15) is 77.6 Å². The number of carbonyl (C=O) groups excluding carboxylic acids is 2. The summed E-state index contributed by atoms with van der Waals surface area (Å²) in [5.74, 6) is -0.267. The zero-order chi connectivity index (χ0) is 14.2. The van der Waals surface area contributed by atoms with Gasteiger partial charge in [0.2, 0.25) is 0 Å². The molecule has 0 amide bonds. The minimum Gasteiger partial charge on any atom is -0.303 e. The summed E-state index contributed by atoms with van der Waals surface area (Å²) < 4.78 is 0. The maximum atomic E-state index is 11.1. The Hall–Kier alpha value is -0.900. The fraction of sp³-hybridized carbons (Fsp3) is 0.867. The zero-order valence-corrected chi connectivity index (χ0v) is 12.2. The molecule has 0 heterocycles. The topological polar surface area (TPSA) is 52.6 Å². The van der Waals surface area contributed by atoms with Crippen molar-refractivity contribution in [2.24, 2.45) is 0 Å². The van der Waals surface area contributed by atoms with Gasteiger partial charge in [-0.25, -0.2) is 4.79 Å². The van der Waals surface area contributed by atoms with Crippen LogP contribution in [0.4, 0.5) is 0 Å². The lowest BCUT2D eigenvalue weighted by Gasteiger charge is -2.02. The van der Waals surface area contributed by atoms with Crippen LogP contribution in [0.15, 0.2) is 0 Å². The maximum Gasteiger partial charge on any atom is 0.342 e. The summed E-state index contributed by atoms with van der Waals surface area (Å²) in [5, 5.41) is 0. The maximum absolute atomic E-state index is 11.1. The normalized spacial score (nSPS) is 10.4. The molecule has 0 unspecified atom stereocenters. The van der Waals surface area contributed by atoms with Crippen molar-refractivity contribution in [1.82, 2.24) is 0 Å². The minimum atomic E-state index is -0.267. The highest BCUT2D eigenvalue weighted by Gasteiger charge is 2.02. The van der Waals surface area contributed by atoms with Crippen LogP contribution in [-0.4, -0.2) is 18.9 Å². The Labute approximate surface area is 116 Å². The Kier molecular flexibility index (Phi) is 14.4. The number of hydrogen-bond acceptors (Lipinski definition) is 4. The Morgan fingerprint density at radius 1 is 0.895 bits per heavy atom. The predicted molar refractivity (Wildman–Crippen MR) is 74.6 cm³/mol. The highest BCUT2D eigenvalue weighted by Crippen LogP contribution is 2.11. The van der Waals surface area contributed by atoms with E-state index in [1.54, 1.807) is 6.92 Å². The molecule has 0 aromatic heterocycles. The molecule has 0 fully saturated rings. The first-order chi connectivity index (χ1) is 9.31. The van der Waals surface area contributed by atoms with Crippen molar-refractivity contribution in [2.75, 3.05) is 6.61 Å². The summed E-state index contributed by atoms with van der Waals surface area (Å²) in [5.41, 5.74) is 0. The molecule has 0 aromatic carbocycles. The molecule has 0 bridgehead atoms. The highest BCUT2D eigenvalue weighted by atomic mass is 17.2. The molecule has 0 aliphatic rings. The Bertz CT molecular complexity index is 216. The van der Waals surface area contributed by atoms with E-state index in [0.717, 1.165) is 25.5 Å². The molecule has 4 heteroatoms. The van der Waals surface area contributed by atoms with Gasteiger partial charge >= 0.3 is 5.97 Å². The zero-order valence-electron chi connectivity index (χ0n) is 12.2. The number of carbonyl (C=O) groups is 2. The van der Waals surface area contributed by atoms with E-state index in [9.17, 15) is 9.59 Å². The molecule has 0 rings (SSSR count). The van der Waals surface area contributed by atoms with E-state index in [1.807, 2.05) is 0 Å². The first-order valence-electron chi connectivity index (χ1n) is 7.57. The third kappa shape index (κ3) is 15.0. The minimum absolute atomic E-state index is 0.267. The second-order valence-corrected chi connectivity index (χ2v) is 4.75. The summed E-state index contributed by atoms with van der Waals surface area (Å²) in [6.07, 6.45) is 12.5. The van der Waals surface area contributed by atoms with Gasteiger partial charge in [-0.3, -0.25) is 4.89 Å². The standard InChI is InChI=1S/C15H28O4/c1-2-18-19-15(17)13-11-9-7-5-3-4-6-8-10-12-14-16/h14H,2-13H2,1H3. The van der Waals surface area contributed by atoms with E-state index in [1.165, 1.54) is 38.5 Å². The average Bonchev–Trinajstić information content (AvgIpc) is 2.42. The summed E-state index contributed by atoms with van der Waals surface area (Å²) >= 11 is 0. The molecular formula is C15H28O4. The molecule has 19 heavy (non-hydrogen) atoms. The van der Waals surface area contributed by atoms with Crippen molar-refractivity contribution in [2.45, 2.75) is 77.6 Å². The SMILES string of the molecule is CCOOC(=O)CCCCCCCCCCCC=O. The van der Waals surface area contributed by atoms with Crippen LogP contribution < -0.4 is 0 Å². The van der Waals surface area contributed by atoms with Gasteiger partial charge in [-0.15, -0.1) is 0 Å². The van der Waals surface area contributed by atoms with E-state index in [2.05, 4.69) is 9.78 Å². The number of unbranched alkanes of at least 4 members (excludes halogenated alkanes) is 9. The lowest BCUT2D eigenvalue weighted by atomic mass is 10.1. The first kappa shape index (κ1) is 18.1. The summed E-state index contributed by atoms with van der Waals surface area (Å²) in [7, 11) is 0. The third-order valence-corrected chi connectivity index (χ3v) is 2.97. The van der Waals surface area contributed by atoms with Crippen molar-refractivity contribution in [3.05, 3.63) is 0 Å². The Balaban J connectivity index is 3.06. The molecule has 0 aromatic rings. The third-order valence-electron chi connectivity index (χ3n) is 2.97. The summed E-state index contributed by atoms with van der Waals surface area (Å²) in [4.78, 5) is 30.3. The molecule has 0 spiro atoms. The first-order valence-corrected chi connectivity index (χ1v) is 7.57. The van der Waals surface area contributed by atoms with E-state index in [-0.39, 0.29) is 5.97 Å². The number of hydrogen-bond donors (Lipinski definition) is 0. The van der Waals surface area contributed by atoms with Gasteiger partial charge in [0, 0.05) is 12.8 Å². The van der Waals surface area contributed by atoms with Crippen LogP contribution >= 0.6 is 0 Å². The summed E-state index contributed by atoms with van der Waals surface area (Å²) in [6, 6.07) is 0. The Morgan fingerprint density at radius 3 is 1.95 bits per heavy atom. The number of rotatable bonds is 14. The average molecular weight is 272 g/mol. The smallest absolute Gasteiger partial charge is 0.303 e. The van der Waals surface area contributed by atoms with E-state index in [0.29, 0.717) is 19.4 Å². The van der Waals surface area contributed by atoms with Gasteiger partial charge in [-0.05, 0) is 19.8 Å². The molecule has 0 saturated carbocycles. The number of aldehydes is 1. The molecule has 0 atom stereocenters. The van der Waals surface area contributed by atoms with Crippen molar-refractivity contribution in [1.29, 1.82) is 0 Å². The molecule has 0 aliphatic carbocycles. The van der Waals surface area contributed by atoms with Crippen molar-refractivity contribution >= 4 is 12.3 Å².